The van der Waals surface area contributed by atoms with Crippen LogP contribution in [0.15, 0.2) is 146 Å². The van der Waals surface area contributed by atoms with Crippen molar-refractivity contribution < 1.29 is 23.8 Å². The largest absolute Gasteiger partial charge is 0.462 e. The van der Waals surface area contributed by atoms with Crippen LogP contribution in [-0.2, 0) is 23.8 Å². The van der Waals surface area contributed by atoms with Gasteiger partial charge in [-0.3, -0.25) is 9.59 Å². The number of rotatable bonds is 46. The average Bonchev–Trinajstić information content (AvgIpc) is 3.32. The lowest BCUT2D eigenvalue weighted by molar-refractivity contribution is -0.162. The summed E-state index contributed by atoms with van der Waals surface area (Å²) in [5.41, 5.74) is 0. The molecule has 66 heavy (non-hydrogen) atoms. The Balaban J connectivity index is 4.47. The monoisotopic (exact) mass is 909 g/mol. The molecule has 0 aliphatic rings. The molecule has 5 nitrogen and oxygen atoms in total. The molecule has 0 aliphatic heterocycles. The third kappa shape index (κ3) is 52.4. The van der Waals surface area contributed by atoms with Crippen LogP contribution < -0.4 is 0 Å². The number of allylic oxidation sites excluding steroid dienone is 24. The van der Waals surface area contributed by atoms with Crippen LogP contribution in [0.1, 0.15) is 201 Å². The van der Waals surface area contributed by atoms with Crippen LogP contribution in [0.3, 0.4) is 0 Å². The van der Waals surface area contributed by atoms with Crippen LogP contribution in [0.5, 0.6) is 0 Å². The first-order valence-electron chi connectivity index (χ1n) is 26.4. The Kier molecular flexibility index (Phi) is 51.6. The molecule has 0 fully saturated rings. The summed E-state index contributed by atoms with van der Waals surface area (Å²) in [5.74, 6) is -0.542. The van der Waals surface area contributed by atoms with Crippen molar-refractivity contribution in [3.63, 3.8) is 0 Å². The third-order valence-corrected chi connectivity index (χ3v) is 10.4. The van der Waals surface area contributed by atoms with E-state index in [-0.39, 0.29) is 31.6 Å². The van der Waals surface area contributed by atoms with Crippen LogP contribution in [0, 0.1) is 0 Å². The van der Waals surface area contributed by atoms with E-state index < -0.39 is 6.10 Å². The third-order valence-electron chi connectivity index (χ3n) is 10.4. The Bertz CT molecular complexity index is 1450. The van der Waals surface area contributed by atoms with E-state index in [9.17, 15) is 9.59 Å². The summed E-state index contributed by atoms with van der Waals surface area (Å²) in [4.78, 5) is 25.4. The van der Waals surface area contributed by atoms with Crippen molar-refractivity contribution in [3.8, 4) is 0 Å². The highest BCUT2D eigenvalue weighted by Crippen LogP contribution is 2.11. The summed E-state index contributed by atoms with van der Waals surface area (Å²) in [6.07, 6.45) is 80.2. The van der Waals surface area contributed by atoms with E-state index >= 15 is 0 Å². The van der Waals surface area contributed by atoms with Crippen LogP contribution >= 0.6 is 0 Å². The van der Waals surface area contributed by atoms with Gasteiger partial charge in [0.1, 0.15) is 6.61 Å². The second kappa shape index (κ2) is 55.1. The second-order valence-electron chi connectivity index (χ2n) is 16.7. The van der Waals surface area contributed by atoms with Crippen molar-refractivity contribution in [2.75, 3.05) is 19.8 Å². The zero-order valence-electron chi connectivity index (χ0n) is 42.4. The number of carbonyl (C=O) groups excluding carboxylic acids is 2. The van der Waals surface area contributed by atoms with Crippen molar-refractivity contribution in [1.82, 2.24) is 0 Å². The van der Waals surface area contributed by atoms with Gasteiger partial charge in [-0.2, -0.15) is 0 Å². The molecule has 0 rings (SSSR count). The highest BCUT2D eigenvalue weighted by Gasteiger charge is 2.17. The zero-order chi connectivity index (χ0) is 47.7. The highest BCUT2D eigenvalue weighted by molar-refractivity contribution is 5.70. The van der Waals surface area contributed by atoms with Crippen molar-refractivity contribution >= 4 is 11.9 Å². The second-order valence-corrected chi connectivity index (χ2v) is 16.7. The molecule has 1 unspecified atom stereocenters. The lowest BCUT2D eigenvalue weighted by atomic mass is 10.1. The summed E-state index contributed by atoms with van der Waals surface area (Å²) in [6.45, 7) is 7.35. The summed E-state index contributed by atoms with van der Waals surface area (Å²) >= 11 is 0. The number of carbonyl (C=O) groups is 2. The zero-order valence-corrected chi connectivity index (χ0v) is 42.4. The Morgan fingerprint density at radius 1 is 0.348 bits per heavy atom. The summed E-state index contributed by atoms with van der Waals surface area (Å²) in [5, 5.41) is 0. The quantitative estimate of drug-likeness (QED) is 0.0346. The Morgan fingerprint density at radius 2 is 0.712 bits per heavy atom. The van der Waals surface area contributed by atoms with E-state index in [0.29, 0.717) is 19.4 Å². The molecule has 0 aromatic rings. The molecular formula is C61H96O5. The molecule has 0 spiro atoms. The summed E-state index contributed by atoms with van der Waals surface area (Å²) in [6, 6.07) is 0. The maximum atomic E-state index is 12.8. The molecule has 0 heterocycles. The molecule has 0 aliphatic carbocycles. The molecule has 0 saturated heterocycles. The molecule has 0 radical (unpaired) electrons. The molecule has 0 aromatic carbocycles. The van der Waals surface area contributed by atoms with Gasteiger partial charge in [-0.15, -0.1) is 0 Å². The van der Waals surface area contributed by atoms with Crippen molar-refractivity contribution in [2.24, 2.45) is 0 Å². The van der Waals surface area contributed by atoms with Gasteiger partial charge < -0.3 is 14.2 Å². The minimum atomic E-state index is -0.614. The standard InChI is InChI=1S/C61H96O5/c1-4-7-10-13-16-19-22-25-27-29-31-32-34-37-39-42-45-48-51-54-60(62)65-58-59(66-61(63)55-52-49-46-43-40-36-24-21-18-15-12-9-6-3)57-64-56-53-50-47-44-41-38-35-33-30-28-26-23-20-17-14-11-8-5-2/h8-9,11-12,16-21,25-28,31-33,35-36,40-41,44,46,49,59H,4-7,10,13-15,22-24,29-30,34,37-39,42-43,45,47-48,50-58H2,1-3H3/b11-8-,12-9-,19-16-,20-17-,21-18-,27-25-,28-26-,32-31-,35-33-,40-36-,44-41-,49-46-. The van der Waals surface area contributed by atoms with E-state index in [0.717, 1.165) is 116 Å². The van der Waals surface area contributed by atoms with Crippen molar-refractivity contribution in [1.29, 1.82) is 0 Å². The van der Waals surface area contributed by atoms with E-state index in [1.807, 2.05) is 6.08 Å². The fourth-order valence-corrected chi connectivity index (χ4v) is 6.50. The van der Waals surface area contributed by atoms with Gasteiger partial charge >= 0.3 is 11.9 Å². The van der Waals surface area contributed by atoms with E-state index in [1.165, 1.54) is 44.9 Å². The lowest BCUT2D eigenvalue weighted by Crippen LogP contribution is -2.30. The molecule has 0 bridgehead atoms. The van der Waals surface area contributed by atoms with Gasteiger partial charge in [0.25, 0.3) is 0 Å². The minimum absolute atomic E-state index is 0.0219. The minimum Gasteiger partial charge on any atom is -0.462 e. The highest BCUT2D eigenvalue weighted by atomic mass is 16.6. The Hall–Kier alpha value is -4.22. The van der Waals surface area contributed by atoms with Gasteiger partial charge in [0, 0.05) is 19.4 Å². The van der Waals surface area contributed by atoms with E-state index in [2.05, 4.69) is 161 Å². The first-order chi connectivity index (χ1) is 32.6. The lowest BCUT2D eigenvalue weighted by Gasteiger charge is -2.18. The fourth-order valence-electron chi connectivity index (χ4n) is 6.50. The number of esters is 2. The first-order valence-corrected chi connectivity index (χ1v) is 26.4. The predicted molar refractivity (Wildman–Crippen MR) is 288 cm³/mol. The summed E-state index contributed by atoms with van der Waals surface area (Å²) in [7, 11) is 0. The van der Waals surface area contributed by atoms with Gasteiger partial charge in [-0.1, -0.05) is 205 Å². The van der Waals surface area contributed by atoms with Crippen LogP contribution in [0.25, 0.3) is 0 Å². The molecule has 0 aromatic heterocycles. The molecule has 5 heteroatoms. The SMILES string of the molecule is CC/C=C\C/C=C\C/C=C\C/C=C\C/C=C\CCCCOCC(COC(=O)CCCCCCCC/C=C\C/C=C\C/C=C\CCCCC)OC(=O)CC/C=C\C/C=C\C/C=C\C/C=C\CC. The molecule has 0 saturated carbocycles. The topological polar surface area (TPSA) is 61.8 Å². The number of hydrogen-bond acceptors (Lipinski definition) is 5. The van der Waals surface area contributed by atoms with Crippen LogP contribution in [0.4, 0.5) is 0 Å². The van der Waals surface area contributed by atoms with Crippen LogP contribution in [0.2, 0.25) is 0 Å². The average molecular weight is 909 g/mol. The van der Waals surface area contributed by atoms with Crippen molar-refractivity contribution in [2.45, 2.75) is 207 Å². The number of unbranched alkanes of at least 4 members (excludes halogenated alkanes) is 11. The first kappa shape index (κ1) is 61.8. The maximum absolute atomic E-state index is 12.8. The van der Waals surface area contributed by atoms with Gasteiger partial charge in [-0.25, -0.2) is 0 Å². The number of ether oxygens (including phenoxy) is 3. The Morgan fingerprint density at radius 3 is 1.15 bits per heavy atom. The smallest absolute Gasteiger partial charge is 0.306 e. The Labute approximate surface area is 406 Å². The molecule has 1 atom stereocenters. The molecule has 0 amide bonds. The van der Waals surface area contributed by atoms with Gasteiger partial charge in [0.05, 0.1) is 6.61 Å². The normalized spacial score (nSPS) is 13.4. The van der Waals surface area contributed by atoms with Gasteiger partial charge in [-0.05, 0) is 128 Å². The predicted octanol–water partition coefficient (Wildman–Crippen LogP) is 18.1. The van der Waals surface area contributed by atoms with Gasteiger partial charge in [0.15, 0.2) is 6.10 Å². The molecule has 0 N–H and O–H groups in total. The van der Waals surface area contributed by atoms with Crippen molar-refractivity contribution in [3.05, 3.63) is 146 Å². The van der Waals surface area contributed by atoms with Gasteiger partial charge in [0.2, 0.25) is 0 Å². The van der Waals surface area contributed by atoms with Crippen LogP contribution in [-0.4, -0.2) is 37.9 Å². The molecular weight excluding hydrogens is 813 g/mol. The van der Waals surface area contributed by atoms with E-state index in [4.69, 9.17) is 14.2 Å². The maximum Gasteiger partial charge on any atom is 0.306 e. The number of hydrogen-bond donors (Lipinski definition) is 0. The fraction of sp³-hybridized carbons (Fsp3) is 0.574. The summed E-state index contributed by atoms with van der Waals surface area (Å²) < 4.78 is 17.3. The van der Waals surface area contributed by atoms with E-state index in [1.54, 1.807) is 0 Å². The molecule has 370 valence electrons.